The third-order valence-electron chi connectivity index (χ3n) is 3.27. The number of benzene rings is 1. The SMILES string of the molecule is Cc1ccc(CN2CCCC2C)c(Br)c1. The lowest BCUT2D eigenvalue weighted by molar-refractivity contribution is 0.260. The molecule has 1 aromatic rings. The number of hydrogen-bond donors (Lipinski definition) is 0. The molecular weight excluding hydrogens is 250 g/mol. The Kier molecular flexibility index (Phi) is 3.47. The summed E-state index contributed by atoms with van der Waals surface area (Å²) in [5, 5.41) is 0. The molecule has 0 spiro atoms. The molecule has 1 fully saturated rings. The van der Waals surface area contributed by atoms with Gasteiger partial charge >= 0.3 is 0 Å². The van der Waals surface area contributed by atoms with Crippen LogP contribution in [-0.4, -0.2) is 17.5 Å². The molecule has 1 atom stereocenters. The van der Waals surface area contributed by atoms with Crippen LogP contribution in [0.5, 0.6) is 0 Å². The van der Waals surface area contributed by atoms with Crippen LogP contribution in [-0.2, 0) is 6.54 Å². The van der Waals surface area contributed by atoms with Crippen molar-refractivity contribution < 1.29 is 0 Å². The maximum absolute atomic E-state index is 3.65. The van der Waals surface area contributed by atoms with Gasteiger partial charge in [-0.25, -0.2) is 0 Å². The quantitative estimate of drug-likeness (QED) is 0.789. The van der Waals surface area contributed by atoms with Gasteiger partial charge in [-0.05, 0) is 50.4 Å². The average Bonchev–Trinajstić information content (AvgIpc) is 2.57. The Balaban J connectivity index is 2.10. The zero-order valence-corrected chi connectivity index (χ0v) is 11.0. The van der Waals surface area contributed by atoms with Crippen LogP contribution in [0.4, 0.5) is 0 Å². The first-order chi connectivity index (χ1) is 7.16. The molecule has 82 valence electrons. The van der Waals surface area contributed by atoms with Gasteiger partial charge in [0.05, 0.1) is 0 Å². The van der Waals surface area contributed by atoms with Gasteiger partial charge in [-0.3, -0.25) is 4.90 Å². The number of halogens is 1. The highest BCUT2D eigenvalue weighted by Gasteiger charge is 2.20. The number of likely N-dealkylation sites (tertiary alicyclic amines) is 1. The lowest BCUT2D eigenvalue weighted by atomic mass is 10.1. The summed E-state index contributed by atoms with van der Waals surface area (Å²) in [6, 6.07) is 7.39. The summed E-state index contributed by atoms with van der Waals surface area (Å²) in [7, 11) is 0. The first-order valence-corrected chi connectivity index (χ1v) is 6.45. The molecule has 0 saturated carbocycles. The maximum Gasteiger partial charge on any atom is 0.0247 e. The van der Waals surface area contributed by atoms with Gasteiger partial charge in [-0.1, -0.05) is 28.1 Å². The molecule has 1 nitrogen and oxygen atoms in total. The zero-order valence-electron chi connectivity index (χ0n) is 9.46. The molecule has 15 heavy (non-hydrogen) atoms. The van der Waals surface area contributed by atoms with Gasteiger partial charge in [0, 0.05) is 17.1 Å². The highest BCUT2D eigenvalue weighted by molar-refractivity contribution is 9.10. The predicted molar refractivity (Wildman–Crippen MR) is 68.0 cm³/mol. The van der Waals surface area contributed by atoms with Crippen LogP contribution in [0.15, 0.2) is 22.7 Å². The number of rotatable bonds is 2. The first-order valence-electron chi connectivity index (χ1n) is 5.66. The standard InChI is InChI=1S/C13H18BrN/c1-10-5-6-12(13(14)8-10)9-15-7-3-4-11(15)2/h5-6,8,11H,3-4,7,9H2,1-2H3. The molecule has 1 aliphatic rings. The highest BCUT2D eigenvalue weighted by atomic mass is 79.9. The monoisotopic (exact) mass is 267 g/mol. The van der Waals surface area contributed by atoms with Crippen molar-refractivity contribution in [1.29, 1.82) is 0 Å². The van der Waals surface area contributed by atoms with E-state index < -0.39 is 0 Å². The largest absolute Gasteiger partial charge is 0.296 e. The molecule has 1 unspecified atom stereocenters. The summed E-state index contributed by atoms with van der Waals surface area (Å²) in [5.74, 6) is 0. The van der Waals surface area contributed by atoms with Crippen molar-refractivity contribution in [2.45, 2.75) is 39.3 Å². The topological polar surface area (TPSA) is 3.24 Å². The molecule has 2 rings (SSSR count). The minimum Gasteiger partial charge on any atom is -0.296 e. The Morgan fingerprint density at radius 3 is 2.87 bits per heavy atom. The number of nitrogens with zero attached hydrogens (tertiary/aromatic N) is 1. The summed E-state index contributed by atoms with van der Waals surface area (Å²) >= 11 is 3.65. The normalized spacial score (nSPS) is 22.2. The zero-order chi connectivity index (χ0) is 10.8. The van der Waals surface area contributed by atoms with E-state index in [4.69, 9.17) is 0 Å². The van der Waals surface area contributed by atoms with Crippen LogP contribution in [0.3, 0.4) is 0 Å². The van der Waals surface area contributed by atoms with Crippen molar-refractivity contribution in [3.05, 3.63) is 33.8 Å². The fourth-order valence-electron chi connectivity index (χ4n) is 2.23. The summed E-state index contributed by atoms with van der Waals surface area (Å²) in [6.45, 7) is 6.80. The van der Waals surface area contributed by atoms with E-state index in [1.54, 1.807) is 0 Å². The van der Waals surface area contributed by atoms with Gasteiger partial charge in [0.25, 0.3) is 0 Å². The molecule has 2 heteroatoms. The van der Waals surface area contributed by atoms with E-state index in [0.717, 1.165) is 12.6 Å². The van der Waals surface area contributed by atoms with Gasteiger partial charge in [0.15, 0.2) is 0 Å². The maximum atomic E-state index is 3.65. The van der Waals surface area contributed by atoms with Gasteiger partial charge in [-0.2, -0.15) is 0 Å². The summed E-state index contributed by atoms with van der Waals surface area (Å²) < 4.78 is 1.25. The Morgan fingerprint density at radius 1 is 1.47 bits per heavy atom. The van der Waals surface area contributed by atoms with E-state index in [0.29, 0.717) is 0 Å². The van der Waals surface area contributed by atoms with Crippen molar-refractivity contribution in [1.82, 2.24) is 4.90 Å². The van der Waals surface area contributed by atoms with Gasteiger partial charge in [-0.15, -0.1) is 0 Å². The minimum atomic E-state index is 0.748. The van der Waals surface area contributed by atoms with Crippen LogP contribution in [0.2, 0.25) is 0 Å². The number of hydrogen-bond acceptors (Lipinski definition) is 1. The fourth-order valence-corrected chi connectivity index (χ4v) is 2.85. The van der Waals surface area contributed by atoms with E-state index in [2.05, 4.69) is 52.9 Å². The summed E-state index contributed by atoms with van der Waals surface area (Å²) in [5.41, 5.74) is 2.73. The van der Waals surface area contributed by atoms with Crippen molar-refractivity contribution in [2.24, 2.45) is 0 Å². The third-order valence-corrected chi connectivity index (χ3v) is 4.01. The van der Waals surface area contributed by atoms with E-state index >= 15 is 0 Å². The van der Waals surface area contributed by atoms with Crippen molar-refractivity contribution >= 4 is 15.9 Å². The van der Waals surface area contributed by atoms with Crippen LogP contribution >= 0.6 is 15.9 Å². The van der Waals surface area contributed by atoms with Gasteiger partial charge in [0.2, 0.25) is 0 Å². The molecule has 1 saturated heterocycles. The lowest BCUT2D eigenvalue weighted by Crippen LogP contribution is -2.26. The Labute approximate surface area is 101 Å². The van der Waals surface area contributed by atoms with Crippen LogP contribution < -0.4 is 0 Å². The first kappa shape index (κ1) is 11.2. The summed E-state index contributed by atoms with van der Waals surface area (Å²) in [4.78, 5) is 2.56. The van der Waals surface area contributed by atoms with Crippen LogP contribution in [0, 0.1) is 6.92 Å². The van der Waals surface area contributed by atoms with Crippen LogP contribution in [0.25, 0.3) is 0 Å². The molecule has 0 amide bonds. The molecule has 1 aliphatic heterocycles. The number of aryl methyl sites for hydroxylation is 1. The Morgan fingerprint density at radius 2 is 2.27 bits per heavy atom. The minimum absolute atomic E-state index is 0.748. The molecule has 0 radical (unpaired) electrons. The third kappa shape index (κ3) is 2.61. The lowest BCUT2D eigenvalue weighted by Gasteiger charge is -2.21. The van der Waals surface area contributed by atoms with E-state index in [9.17, 15) is 0 Å². The molecule has 0 aromatic heterocycles. The van der Waals surface area contributed by atoms with Crippen molar-refractivity contribution in [3.8, 4) is 0 Å². The molecule has 1 heterocycles. The molecule has 0 bridgehead atoms. The van der Waals surface area contributed by atoms with E-state index in [-0.39, 0.29) is 0 Å². The molecular formula is C13H18BrN. The molecule has 1 aromatic carbocycles. The smallest absolute Gasteiger partial charge is 0.0247 e. The summed E-state index contributed by atoms with van der Waals surface area (Å²) in [6.07, 6.45) is 2.70. The average molecular weight is 268 g/mol. The predicted octanol–water partition coefficient (Wildman–Crippen LogP) is 3.74. The van der Waals surface area contributed by atoms with Gasteiger partial charge in [0.1, 0.15) is 0 Å². The highest BCUT2D eigenvalue weighted by Crippen LogP contribution is 2.24. The second-order valence-electron chi connectivity index (χ2n) is 4.56. The Hall–Kier alpha value is -0.340. The van der Waals surface area contributed by atoms with E-state index in [1.165, 1.54) is 35.0 Å². The molecule has 0 N–H and O–H groups in total. The Bertz CT molecular complexity index is 348. The van der Waals surface area contributed by atoms with Gasteiger partial charge < -0.3 is 0 Å². The second kappa shape index (κ2) is 4.67. The fraction of sp³-hybridized carbons (Fsp3) is 0.538. The second-order valence-corrected chi connectivity index (χ2v) is 5.41. The molecule has 0 aliphatic carbocycles. The van der Waals surface area contributed by atoms with Crippen LogP contribution in [0.1, 0.15) is 30.9 Å². The van der Waals surface area contributed by atoms with E-state index in [1.807, 2.05) is 0 Å². The van der Waals surface area contributed by atoms with Crippen molar-refractivity contribution in [2.75, 3.05) is 6.54 Å². The van der Waals surface area contributed by atoms with Crippen molar-refractivity contribution in [3.63, 3.8) is 0 Å².